The lowest BCUT2D eigenvalue weighted by Gasteiger charge is -2.22. The molecule has 3 rings (SSSR count). The average Bonchev–Trinajstić information content (AvgIpc) is 2.85. The fourth-order valence-corrected chi connectivity index (χ4v) is 4.29. The van der Waals surface area contributed by atoms with Gasteiger partial charge in [0.2, 0.25) is 0 Å². The summed E-state index contributed by atoms with van der Waals surface area (Å²) in [5.74, 6) is 1.75. The van der Waals surface area contributed by atoms with Crippen molar-refractivity contribution in [3.63, 3.8) is 0 Å². The molecule has 0 spiro atoms. The summed E-state index contributed by atoms with van der Waals surface area (Å²) in [7, 11) is -0.549. The topological polar surface area (TPSA) is 29.1 Å². The molecular formula is C15H21NOS. The fourth-order valence-electron chi connectivity index (χ4n) is 3.00. The van der Waals surface area contributed by atoms with Crippen molar-refractivity contribution in [3.05, 3.63) is 34.9 Å². The van der Waals surface area contributed by atoms with E-state index in [2.05, 4.69) is 23.5 Å². The summed E-state index contributed by atoms with van der Waals surface area (Å²) in [5.41, 5.74) is 4.51. The summed E-state index contributed by atoms with van der Waals surface area (Å²) in [5, 5.41) is 3.62. The monoisotopic (exact) mass is 263 g/mol. The molecule has 18 heavy (non-hydrogen) atoms. The quantitative estimate of drug-likeness (QED) is 0.905. The van der Waals surface area contributed by atoms with E-state index in [-0.39, 0.29) is 0 Å². The third-order valence-corrected chi connectivity index (χ3v) is 5.53. The molecule has 0 atom stereocenters. The number of hydrogen-bond donors (Lipinski definition) is 1. The van der Waals surface area contributed by atoms with Gasteiger partial charge in [-0.15, -0.1) is 0 Å². The van der Waals surface area contributed by atoms with Crippen LogP contribution in [-0.4, -0.2) is 21.8 Å². The smallest absolute Gasteiger partial charge is 0.0249 e. The third-order valence-electron chi connectivity index (χ3n) is 4.15. The lowest BCUT2D eigenvalue weighted by Crippen LogP contribution is -2.35. The van der Waals surface area contributed by atoms with E-state index < -0.39 is 10.8 Å². The van der Waals surface area contributed by atoms with Gasteiger partial charge in [0.05, 0.1) is 0 Å². The molecule has 1 fully saturated rings. The zero-order valence-corrected chi connectivity index (χ0v) is 11.6. The largest absolute Gasteiger partial charge is 0.310 e. The first kappa shape index (κ1) is 12.4. The molecule has 98 valence electrons. The van der Waals surface area contributed by atoms with E-state index in [4.69, 9.17) is 0 Å². The Balaban J connectivity index is 1.55. The van der Waals surface area contributed by atoms with Crippen molar-refractivity contribution in [1.29, 1.82) is 0 Å². The van der Waals surface area contributed by atoms with Crippen molar-refractivity contribution in [2.45, 2.75) is 44.7 Å². The van der Waals surface area contributed by atoms with E-state index in [1.54, 1.807) is 11.1 Å². The minimum absolute atomic E-state index is 0.549. The van der Waals surface area contributed by atoms with Crippen LogP contribution in [0.4, 0.5) is 0 Å². The molecule has 1 heterocycles. The van der Waals surface area contributed by atoms with Gasteiger partial charge in [0.1, 0.15) is 0 Å². The van der Waals surface area contributed by atoms with Gasteiger partial charge in [0.25, 0.3) is 0 Å². The van der Waals surface area contributed by atoms with Gasteiger partial charge in [-0.25, -0.2) is 0 Å². The van der Waals surface area contributed by atoms with Crippen LogP contribution in [0.3, 0.4) is 0 Å². The van der Waals surface area contributed by atoms with Crippen LogP contribution in [0, 0.1) is 0 Å². The van der Waals surface area contributed by atoms with Crippen LogP contribution < -0.4 is 5.32 Å². The minimum atomic E-state index is -0.549. The van der Waals surface area contributed by atoms with E-state index in [0.717, 1.165) is 30.9 Å². The Labute approximate surface area is 112 Å². The summed E-state index contributed by atoms with van der Waals surface area (Å²) in [6.07, 6.45) is 5.97. The highest BCUT2D eigenvalue weighted by Gasteiger charge is 2.17. The molecule has 0 saturated carbocycles. The van der Waals surface area contributed by atoms with Gasteiger partial charge in [-0.05, 0) is 48.8 Å². The van der Waals surface area contributed by atoms with Gasteiger partial charge in [-0.2, -0.15) is 0 Å². The van der Waals surface area contributed by atoms with Crippen molar-refractivity contribution >= 4 is 10.8 Å². The molecule has 0 radical (unpaired) electrons. The van der Waals surface area contributed by atoms with Crippen LogP contribution in [-0.2, 0) is 30.2 Å². The van der Waals surface area contributed by atoms with E-state index >= 15 is 0 Å². The second-order valence-electron chi connectivity index (χ2n) is 5.46. The Morgan fingerprint density at radius 2 is 1.94 bits per heavy atom. The minimum Gasteiger partial charge on any atom is -0.310 e. The predicted molar refractivity (Wildman–Crippen MR) is 76.2 cm³/mol. The fraction of sp³-hybridized carbons (Fsp3) is 0.600. The number of fused-ring (bicyclic) bond motifs is 1. The Hall–Kier alpha value is -0.670. The molecule has 1 saturated heterocycles. The van der Waals surface area contributed by atoms with Crippen molar-refractivity contribution in [2.75, 3.05) is 11.5 Å². The molecule has 0 bridgehead atoms. The van der Waals surface area contributed by atoms with Gasteiger partial charge in [0.15, 0.2) is 0 Å². The highest BCUT2D eigenvalue weighted by atomic mass is 32.2. The molecule has 3 heteroatoms. The lowest BCUT2D eigenvalue weighted by atomic mass is 10.1. The number of aryl methyl sites for hydroxylation is 2. The third kappa shape index (κ3) is 2.83. The zero-order chi connectivity index (χ0) is 12.4. The Kier molecular flexibility index (Phi) is 3.80. The average molecular weight is 263 g/mol. The SMILES string of the molecule is O=S1CCC(NCc2ccc3c(c2)CCC3)CC1. The van der Waals surface area contributed by atoms with Gasteiger partial charge in [-0.3, -0.25) is 4.21 Å². The predicted octanol–water partition coefficient (Wildman–Crippen LogP) is 2.18. The maximum absolute atomic E-state index is 11.3. The standard InChI is InChI=1S/C15H21NOS/c17-18-8-6-15(7-9-18)16-11-12-4-5-13-2-1-3-14(13)10-12/h4-5,10,15-16H,1-3,6-9,11H2. The van der Waals surface area contributed by atoms with E-state index in [1.165, 1.54) is 24.8 Å². The van der Waals surface area contributed by atoms with Crippen LogP contribution >= 0.6 is 0 Å². The highest BCUT2D eigenvalue weighted by Crippen LogP contribution is 2.23. The van der Waals surface area contributed by atoms with Gasteiger partial charge in [-0.1, -0.05) is 18.2 Å². The van der Waals surface area contributed by atoms with Gasteiger partial charge < -0.3 is 5.32 Å². The normalized spacial score (nSPS) is 27.1. The van der Waals surface area contributed by atoms with Gasteiger partial charge >= 0.3 is 0 Å². The Morgan fingerprint density at radius 3 is 2.78 bits per heavy atom. The summed E-state index contributed by atoms with van der Waals surface area (Å²) < 4.78 is 11.3. The molecule has 0 unspecified atom stereocenters. The van der Waals surface area contributed by atoms with Crippen molar-refractivity contribution in [3.8, 4) is 0 Å². The Bertz CT molecular complexity index is 448. The van der Waals surface area contributed by atoms with Crippen molar-refractivity contribution in [1.82, 2.24) is 5.32 Å². The van der Waals surface area contributed by atoms with E-state index in [0.29, 0.717) is 6.04 Å². The lowest BCUT2D eigenvalue weighted by molar-refractivity contribution is 0.475. The maximum Gasteiger partial charge on any atom is 0.0249 e. The van der Waals surface area contributed by atoms with Crippen molar-refractivity contribution in [2.24, 2.45) is 0 Å². The van der Waals surface area contributed by atoms with E-state index in [9.17, 15) is 4.21 Å². The molecule has 1 aromatic carbocycles. The van der Waals surface area contributed by atoms with E-state index in [1.807, 2.05) is 0 Å². The molecule has 0 aromatic heterocycles. The van der Waals surface area contributed by atoms with Crippen LogP contribution in [0.5, 0.6) is 0 Å². The summed E-state index contributed by atoms with van der Waals surface area (Å²) in [4.78, 5) is 0. The first-order valence-electron chi connectivity index (χ1n) is 7.00. The number of hydrogen-bond acceptors (Lipinski definition) is 2. The van der Waals surface area contributed by atoms with Crippen LogP contribution in [0.2, 0.25) is 0 Å². The van der Waals surface area contributed by atoms with Crippen molar-refractivity contribution < 1.29 is 4.21 Å². The highest BCUT2D eigenvalue weighted by molar-refractivity contribution is 7.85. The van der Waals surface area contributed by atoms with Crippen LogP contribution in [0.15, 0.2) is 18.2 Å². The molecule has 1 aliphatic heterocycles. The molecular weight excluding hydrogens is 242 g/mol. The molecule has 2 aliphatic rings. The summed E-state index contributed by atoms with van der Waals surface area (Å²) in [6, 6.07) is 7.50. The molecule has 1 aromatic rings. The van der Waals surface area contributed by atoms with Crippen LogP contribution in [0.1, 0.15) is 36.0 Å². The van der Waals surface area contributed by atoms with Crippen LogP contribution in [0.25, 0.3) is 0 Å². The second kappa shape index (κ2) is 5.54. The molecule has 1 N–H and O–H groups in total. The zero-order valence-electron chi connectivity index (χ0n) is 10.8. The summed E-state index contributed by atoms with van der Waals surface area (Å²) >= 11 is 0. The van der Waals surface area contributed by atoms with Gasteiger partial charge in [0, 0.05) is 34.9 Å². The number of rotatable bonds is 3. The Morgan fingerprint density at radius 1 is 1.17 bits per heavy atom. The summed E-state index contributed by atoms with van der Waals surface area (Å²) in [6.45, 7) is 0.963. The number of nitrogens with one attached hydrogen (secondary N) is 1. The second-order valence-corrected chi connectivity index (χ2v) is 7.16. The molecule has 2 nitrogen and oxygen atoms in total. The first-order valence-corrected chi connectivity index (χ1v) is 8.49. The maximum atomic E-state index is 11.3. The molecule has 0 amide bonds. The number of benzene rings is 1. The first-order chi connectivity index (χ1) is 8.81. The molecule has 1 aliphatic carbocycles.